The smallest absolute Gasteiger partial charge is 0.0555 e. The zero-order valence-corrected chi connectivity index (χ0v) is 5.90. The molecule has 0 heterocycles. The summed E-state index contributed by atoms with van der Waals surface area (Å²) in [6, 6.07) is 0. The average molecular weight is 197 g/mol. The lowest BCUT2D eigenvalue weighted by molar-refractivity contribution is 1.20. The van der Waals surface area contributed by atoms with Gasteiger partial charge < -0.3 is 3.53 Å². The highest BCUT2D eigenvalue weighted by molar-refractivity contribution is 14.1. The second-order valence-corrected chi connectivity index (χ2v) is 1.54. The first kappa shape index (κ1) is 6.27. The van der Waals surface area contributed by atoms with Crippen LogP contribution in [0.3, 0.4) is 0 Å². The first-order valence-electron chi connectivity index (χ1n) is 1.93. The van der Waals surface area contributed by atoms with Gasteiger partial charge in [-0.25, -0.2) is 0 Å². The first-order chi connectivity index (χ1) is 2.91. The second-order valence-electron chi connectivity index (χ2n) is 0.920. The van der Waals surface area contributed by atoms with Crippen LogP contribution in [-0.4, -0.2) is 0 Å². The normalized spacial score (nSPS) is 9.67. The topological polar surface area (TPSA) is 12.0 Å². The molecule has 0 amide bonds. The molecule has 0 spiro atoms. The molecule has 0 radical (unpaired) electrons. The maximum absolute atomic E-state index is 2.86. The van der Waals surface area contributed by atoms with E-state index in [1.165, 1.54) is 0 Å². The Balaban J connectivity index is 2.73. The molecule has 0 aromatic heterocycles. The minimum atomic E-state index is 1.11. The highest BCUT2D eigenvalue weighted by atomic mass is 127. The van der Waals surface area contributed by atoms with Crippen LogP contribution in [0.4, 0.5) is 0 Å². The molecule has 0 aliphatic carbocycles. The van der Waals surface area contributed by atoms with Crippen LogP contribution in [0.1, 0.15) is 13.3 Å². The molecule has 0 unspecified atom stereocenters. The van der Waals surface area contributed by atoms with Crippen molar-refractivity contribution < 1.29 is 0 Å². The number of allylic oxidation sites excluding steroid dienone is 1. The van der Waals surface area contributed by atoms with E-state index in [1.54, 1.807) is 0 Å². The number of halogens is 1. The third-order valence-electron chi connectivity index (χ3n) is 0.417. The van der Waals surface area contributed by atoms with Crippen molar-refractivity contribution in [2.24, 2.45) is 0 Å². The minimum Gasteiger partial charge on any atom is -0.335 e. The highest BCUT2D eigenvalue weighted by Crippen LogP contribution is 1.76. The van der Waals surface area contributed by atoms with E-state index in [0.717, 1.165) is 6.42 Å². The van der Waals surface area contributed by atoms with Gasteiger partial charge in [0.2, 0.25) is 0 Å². The Morgan fingerprint density at radius 2 is 2.50 bits per heavy atom. The van der Waals surface area contributed by atoms with Crippen LogP contribution in [0, 0.1) is 0 Å². The van der Waals surface area contributed by atoms with Gasteiger partial charge in [-0.05, 0) is 6.42 Å². The Morgan fingerprint density at radius 1 is 1.83 bits per heavy atom. The van der Waals surface area contributed by atoms with Crippen LogP contribution < -0.4 is 3.53 Å². The molecule has 2 heteroatoms. The highest BCUT2D eigenvalue weighted by Gasteiger charge is 1.58. The van der Waals surface area contributed by atoms with E-state index < -0.39 is 0 Å². The Hall–Kier alpha value is 0.270. The lowest BCUT2D eigenvalue weighted by Gasteiger charge is -1.76. The van der Waals surface area contributed by atoms with Crippen LogP contribution in [0.15, 0.2) is 12.3 Å². The summed E-state index contributed by atoms with van der Waals surface area (Å²) in [7, 11) is 0. The second kappa shape index (κ2) is 5.27. The van der Waals surface area contributed by atoms with Gasteiger partial charge in [0.1, 0.15) is 0 Å². The lowest BCUT2D eigenvalue weighted by Crippen LogP contribution is -1.76. The molecule has 0 fully saturated rings. The third-order valence-corrected chi connectivity index (χ3v) is 0.776. The minimum absolute atomic E-state index is 1.11. The number of hydrogen-bond acceptors (Lipinski definition) is 1. The molecule has 0 aliphatic heterocycles. The van der Waals surface area contributed by atoms with Crippen molar-refractivity contribution in [1.29, 1.82) is 0 Å². The largest absolute Gasteiger partial charge is 0.335 e. The van der Waals surface area contributed by atoms with Gasteiger partial charge >= 0.3 is 0 Å². The zero-order chi connectivity index (χ0) is 4.83. The van der Waals surface area contributed by atoms with Crippen molar-refractivity contribution in [3.05, 3.63) is 12.3 Å². The van der Waals surface area contributed by atoms with Crippen molar-refractivity contribution in [2.75, 3.05) is 0 Å². The van der Waals surface area contributed by atoms with Crippen molar-refractivity contribution in [2.45, 2.75) is 13.3 Å². The average Bonchev–Trinajstić information content (AvgIpc) is 1.61. The molecule has 0 atom stereocenters. The summed E-state index contributed by atoms with van der Waals surface area (Å²) < 4.78 is 2.86. The molecule has 36 valence electrons. The molecular weight excluding hydrogens is 189 g/mol. The number of nitrogens with one attached hydrogen (secondary N) is 1. The Labute approximate surface area is 52.3 Å². The van der Waals surface area contributed by atoms with E-state index in [2.05, 4.69) is 39.4 Å². The fourth-order valence-corrected chi connectivity index (χ4v) is 0.417. The van der Waals surface area contributed by atoms with Gasteiger partial charge in [0.15, 0.2) is 0 Å². The van der Waals surface area contributed by atoms with E-state index >= 15 is 0 Å². The first-order valence-corrected chi connectivity index (χ1v) is 3.01. The lowest BCUT2D eigenvalue weighted by atomic mass is 10.5. The molecule has 0 aliphatic rings. The van der Waals surface area contributed by atoms with E-state index in [-0.39, 0.29) is 0 Å². The SMILES string of the molecule is CCC=CNI. The van der Waals surface area contributed by atoms with Crippen molar-refractivity contribution in [3.63, 3.8) is 0 Å². The maximum atomic E-state index is 2.86. The molecule has 0 saturated carbocycles. The number of rotatable bonds is 2. The summed E-state index contributed by atoms with van der Waals surface area (Å²) >= 11 is 2.07. The van der Waals surface area contributed by atoms with Gasteiger partial charge in [-0.3, -0.25) is 0 Å². The van der Waals surface area contributed by atoms with E-state index in [4.69, 9.17) is 0 Å². The van der Waals surface area contributed by atoms with E-state index in [9.17, 15) is 0 Å². The summed E-state index contributed by atoms with van der Waals surface area (Å²) in [5.41, 5.74) is 0. The Bertz CT molecular complexity index is 36.8. The Morgan fingerprint density at radius 3 is 2.67 bits per heavy atom. The predicted octanol–water partition coefficient (Wildman–Crippen LogP) is 1.85. The van der Waals surface area contributed by atoms with Gasteiger partial charge in [-0.15, -0.1) is 0 Å². The predicted molar refractivity (Wildman–Crippen MR) is 36.6 cm³/mol. The maximum Gasteiger partial charge on any atom is 0.0555 e. The monoisotopic (exact) mass is 197 g/mol. The molecule has 0 aromatic carbocycles. The van der Waals surface area contributed by atoms with Crippen molar-refractivity contribution in [1.82, 2.24) is 3.53 Å². The third kappa shape index (κ3) is 4.27. The Kier molecular flexibility index (Phi) is 5.51. The molecular formula is C4H8IN. The molecule has 1 N–H and O–H groups in total. The summed E-state index contributed by atoms with van der Waals surface area (Å²) in [6.07, 6.45) is 5.09. The van der Waals surface area contributed by atoms with Gasteiger partial charge in [0.05, 0.1) is 22.9 Å². The molecule has 6 heavy (non-hydrogen) atoms. The standard InChI is InChI=1S/C4H8IN/c1-2-3-4-6-5/h3-4,6H,2H2,1H3. The van der Waals surface area contributed by atoms with Crippen LogP contribution in [0.2, 0.25) is 0 Å². The van der Waals surface area contributed by atoms with Crippen molar-refractivity contribution in [3.8, 4) is 0 Å². The molecule has 0 saturated heterocycles. The fraction of sp³-hybridized carbons (Fsp3) is 0.500. The summed E-state index contributed by atoms with van der Waals surface area (Å²) in [6.45, 7) is 2.10. The summed E-state index contributed by atoms with van der Waals surface area (Å²) in [5, 5.41) is 0. The fourth-order valence-electron chi connectivity index (χ4n) is 0.162. The van der Waals surface area contributed by atoms with Crippen molar-refractivity contribution >= 4 is 22.9 Å². The molecule has 0 aromatic rings. The molecule has 1 nitrogen and oxygen atoms in total. The van der Waals surface area contributed by atoms with E-state index in [1.807, 2.05) is 6.20 Å². The number of hydrogen-bond donors (Lipinski definition) is 1. The van der Waals surface area contributed by atoms with Gasteiger partial charge in [-0.1, -0.05) is 13.0 Å². The van der Waals surface area contributed by atoms with Crippen LogP contribution in [0.25, 0.3) is 0 Å². The van der Waals surface area contributed by atoms with Gasteiger partial charge in [-0.2, -0.15) is 0 Å². The summed E-state index contributed by atoms with van der Waals surface area (Å²) in [4.78, 5) is 0. The quantitative estimate of drug-likeness (QED) is 0.526. The van der Waals surface area contributed by atoms with Crippen LogP contribution in [-0.2, 0) is 0 Å². The molecule has 0 rings (SSSR count). The van der Waals surface area contributed by atoms with E-state index in [0.29, 0.717) is 0 Å². The van der Waals surface area contributed by atoms with Gasteiger partial charge in [0, 0.05) is 6.20 Å². The molecule has 0 bridgehead atoms. The van der Waals surface area contributed by atoms with Crippen LogP contribution >= 0.6 is 22.9 Å². The van der Waals surface area contributed by atoms with Crippen LogP contribution in [0.5, 0.6) is 0 Å². The zero-order valence-electron chi connectivity index (χ0n) is 3.74. The van der Waals surface area contributed by atoms with Gasteiger partial charge in [0.25, 0.3) is 0 Å². The summed E-state index contributed by atoms with van der Waals surface area (Å²) in [5.74, 6) is 0.